The van der Waals surface area contributed by atoms with Gasteiger partial charge in [0.15, 0.2) is 5.76 Å². The van der Waals surface area contributed by atoms with Crippen molar-refractivity contribution >= 4 is 5.97 Å². The molecule has 23 heavy (non-hydrogen) atoms. The second-order valence-corrected chi connectivity index (χ2v) is 5.60. The number of aryl methyl sites for hydroxylation is 1. The molecule has 0 amide bonds. The summed E-state index contributed by atoms with van der Waals surface area (Å²) in [5.74, 6) is -0.653. The van der Waals surface area contributed by atoms with Crippen LogP contribution in [0.15, 0.2) is 15.4 Å². The van der Waals surface area contributed by atoms with E-state index >= 15 is 0 Å². The van der Waals surface area contributed by atoms with Crippen LogP contribution in [0.2, 0.25) is 0 Å². The maximum absolute atomic E-state index is 12.0. The average Bonchev–Trinajstić information content (AvgIpc) is 2.83. The number of carbonyl (C=O) groups excluding carboxylic acids is 1. The quantitative estimate of drug-likeness (QED) is 0.489. The fourth-order valence-corrected chi connectivity index (χ4v) is 2.22. The van der Waals surface area contributed by atoms with Crippen LogP contribution in [0.25, 0.3) is 0 Å². The van der Waals surface area contributed by atoms with Crippen LogP contribution in [-0.4, -0.2) is 42.2 Å². The molecule has 1 aromatic heterocycles. The van der Waals surface area contributed by atoms with Crippen LogP contribution in [0.1, 0.15) is 45.3 Å². The largest absolute Gasteiger partial charge is 0.465 e. The number of aliphatic hydroxyl groups is 1. The van der Waals surface area contributed by atoms with E-state index < -0.39 is 5.92 Å². The van der Waals surface area contributed by atoms with Gasteiger partial charge in [-0.05, 0) is 25.7 Å². The summed E-state index contributed by atoms with van der Waals surface area (Å²) in [6.07, 6.45) is 1.21. The monoisotopic (exact) mass is 329 g/mol. The number of hydrogen-bond acceptors (Lipinski definition) is 6. The van der Waals surface area contributed by atoms with E-state index in [2.05, 4.69) is 0 Å². The van der Waals surface area contributed by atoms with E-state index in [1.165, 1.54) is 10.8 Å². The SMILES string of the molecule is CCOC(=O)C(c1cc(=O)n(CCCOCCCO)o1)C(C)C. The van der Waals surface area contributed by atoms with Crippen LogP contribution < -0.4 is 5.56 Å². The number of nitrogens with zero attached hydrogens (tertiary/aromatic N) is 1. The highest BCUT2D eigenvalue weighted by Crippen LogP contribution is 2.25. The van der Waals surface area contributed by atoms with Crippen LogP contribution in [0.3, 0.4) is 0 Å². The third-order valence-corrected chi connectivity index (χ3v) is 3.34. The molecule has 0 aromatic carbocycles. The first-order chi connectivity index (χ1) is 11.0. The fourth-order valence-electron chi connectivity index (χ4n) is 2.22. The number of aromatic nitrogens is 1. The minimum Gasteiger partial charge on any atom is -0.465 e. The number of rotatable bonds is 11. The maximum atomic E-state index is 12.0. The smallest absolute Gasteiger partial charge is 0.317 e. The van der Waals surface area contributed by atoms with Gasteiger partial charge in [-0.15, -0.1) is 0 Å². The topological polar surface area (TPSA) is 90.9 Å². The number of aliphatic hydroxyl groups excluding tert-OH is 1. The van der Waals surface area contributed by atoms with Gasteiger partial charge in [-0.1, -0.05) is 13.8 Å². The average molecular weight is 329 g/mol. The second kappa shape index (κ2) is 10.2. The zero-order valence-electron chi connectivity index (χ0n) is 14.1. The van der Waals surface area contributed by atoms with E-state index in [1.807, 2.05) is 13.8 Å². The Kier molecular flexibility index (Phi) is 8.65. The zero-order chi connectivity index (χ0) is 17.2. The van der Waals surface area contributed by atoms with Crippen molar-refractivity contribution in [3.63, 3.8) is 0 Å². The molecule has 0 saturated heterocycles. The first-order valence-corrected chi connectivity index (χ1v) is 8.07. The molecule has 0 aliphatic heterocycles. The van der Waals surface area contributed by atoms with Gasteiger partial charge >= 0.3 is 5.97 Å². The zero-order valence-corrected chi connectivity index (χ0v) is 14.1. The molecule has 1 atom stereocenters. The lowest BCUT2D eigenvalue weighted by molar-refractivity contribution is -0.146. The predicted molar refractivity (Wildman–Crippen MR) is 84.3 cm³/mol. The Balaban J connectivity index is 2.65. The van der Waals surface area contributed by atoms with Gasteiger partial charge in [-0.3, -0.25) is 9.59 Å². The molecule has 1 rings (SSSR count). The highest BCUT2D eigenvalue weighted by atomic mass is 16.5. The third-order valence-electron chi connectivity index (χ3n) is 3.34. The van der Waals surface area contributed by atoms with Crippen molar-refractivity contribution < 1.29 is 23.9 Å². The Morgan fingerprint density at radius 2 is 2.04 bits per heavy atom. The van der Waals surface area contributed by atoms with Gasteiger partial charge in [0.1, 0.15) is 5.92 Å². The number of hydrogen-bond donors (Lipinski definition) is 1. The summed E-state index contributed by atoms with van der Waals surface area (Å²) in [4.78, 5) is 24.0. The Labute approximate surface area is 136 Å². The lowest BCUT2D eigenvalue weighted by atomic mass is 9.93. The molecule has 1 N–H and O–H groups in total. The molecule has 0 spiro atoms. The van der Waals surface area contributed by atoms with Crippen molar-refractivity contribution in [3.8, 4) is 0 Å². The van der Waals surface area contributed by atoms with Crippen LogP contribution in [0, 0.1) is 5.92 Å². The molecule has 7 nitrogen and oxygen atoms in total. The van der Waals surface area contributed by atoms with Crippen molar-refractivity contribution in [2.75, 3.05) is 26.4 Å². The van der Waals surface area contributed by atoms with Crippen molar-refractivity contribution in [1.82, 2.24) is 4.74 Å². The standard InChI is InChI=1S/C16H27NO6/c1-4-22-16(20)15(12(2)3)13-11-14(19)17(23-13)7-5-9-21-10-6-8-18/h11-12,15,18H,4-10H2,1-3H3. The van der Waals surface area contributed by atoms with E-state index in [-0.39, 0.29) is 30.7 Å². The lowest BCUT2D eigenvalue weighted by Crippen LogP contribution is -2.20. The summed E-state index contributed by atoms with van der Waals surface area (Å²) in [5.41, 5.74) is -0.273. The normalized spacial score (nSPS) is 12.6. The van der Waals surface area contributed by atoms with Crippen LogP contribution in [0.4, 0.5) is 0 Å². The minimum atomic E-state index is -0.579. The maximum Gasteiger partial charge on any atom is 0.317 e. The second-order valence-electron chi connectivity index (χ2n) is 5.60. The molecule has 0 saturated carbocycles. The predicted octanol–water partition coefficient (Wildman–Crippen LogP) is 1.53. The molecule has 1 unspecified atom stereocenters. The van der Waals surface area contributed by atoms with E-state index in [0.29, 0.717) is 38.4 Å². The first-order valence-electron chi connectivity index (χ1n) is 8.07. The summed E-state index contributed by atoms with van der Waals surface area (Å²) >= 11 is 0. The van der Waals surface area contributed by atoms with E-state index in [1.54, 1.807) is 6.92 Å². The number of carbonyl (C=O) groups is 1. The molecule has 7 heteroatoms. The van der Waals surface area contributed by atoms with Gasteiger partial charge in [0.05, 0.1) is 13.2 Å². The van der Waals surface area contributed by atoms with Crippen molar-refractivity contribution in [3.05, 3.63) is 22.2 Å². The highest BCUT2D eigenvalue weighted by Gasteiger charge is 2.30. The molecule has 1 heterocycles. The molecule has 0 aliphatic rings. The van der Waals surface area contributed by atoms with Crippen molar-refractivity contribution in [2.45, 2.75) is 46.1 Å². The first kappa shape index (κ1) is 19.4. The Hall–Kier alpha value is -1.60. The van der Waals surface area contributed by atoms with Crippen LogP contribution in [0.5, 0.6) is 0 Å². The van der Waals surface area contributed by atoms with Gasteiger partial charge in [0.2, 0.25) is 0 Å². The molecular formula is C16H27NO6. The Bertz CT molecular complexity index is 519. The van der Waals surface area contributed by atoms with Crippen LogP contribution in [-0.2, 0) is 20.8 Å². The van der Waals surface area contributed by atoms with Gasteiger partial charge in [0, 0.05) is 25.9 Å². The summed E-state index contributed by atoms with van der Waals surface area (Å²) in [6, 6.07) is 1.36. The summed E-state index contributed by atoms with van der Waals surface area (Å²) in [7, 11) is 0. The molecule has 132 valence electrons. The van der Waals surface area contributed by atoms with Crippen LogP contribution >= 0.6 is 0 Å². The minimum absolute atomic E-state index is 0.0325. The number of ether oxygens (including phenoxy) is 2. The third kappa shape index (κ3) is 6.19. The number of esters is 1. The molecule has 0 fully saturated rings. The molecule has 0 aliphatic carbocycles. The molecular weight excluding hydrogens is 302 g/mol. The van der Waals surface area contributed by atoms with Gasteiger partial charge in [-0.2, -0.15) is 4.74 Å². The fraction of sp³-hybridized carbons (Fsp3) is 0.750. The summed E-state index contributed by atoms with van der Waals surface area (Å²) < 4.78 is 17.1. The van der Waals surface area contributed by atoms with Gasteiger partial charge < -0.3 is 19.1 Å². The van der Waals surface area contributed by atoms with Gasteiger partial charge in [-0.25, -0.2) is 0 Å². The Morgan fingerprint density at radius 1 is 1.35 bits per heavy atom. The van der Waals surface area contributed by atoms with Crippen molar-refractivity contribution in [2.24, 2.45) is 5.92 Å². The highest BCUT2D eigenvalue weighted by molar-refractivity contribution is 5.77. The van der Waals surface area contributed by atoms with E-state index in [0.717, 1.165) is 0 Å². The van der Waals surface area contributed by atoms with Gasteiger partial charge in [0.25, 0.3) is 5.56 Å². The van der Waals surface area contributed by atoms with E-state index in [9.17, 15) is 9.59 Å². The molecule has 0 radical (unpaired) electrons. The van der Waals surface area contributed by atoms with Crippen molar-refractivity contribution in [1.29, 1.82) is 0 Å². The lowest BCUT2D eigenvalue weighted by Gasteiger charge is -2.16. The molecule has 1 aromatic rings. The molecule has 0 bridgehead atoms. The summed E-state index contributed by atoms with van der Waals surface area (Å²) in [6.45, 7) is 7.26. The summed E-state index contributed by atoms with van der Waals surface area (Å²) in [5, 5.41) is 8.64. The van der Waals surface area contributed by atoms with E-state index in [4.69, 9.17) is 19.1 Å². The Morgan fingerprint density at radius 3 is 2.65 bits per heavy atom.